The molecule has 0 saturated heterocycles. The molecule has 1 aliphatic rings. The van der Waals surface area contributed by atoms with E-state index in [1.54, 1.807) is 7.05 Å². The van der Waals surface area contributed by atoms with Gasteiger partial charge in [0.25, 0.3) is 0 Å². The minimum atomic E-state index is 0. The van der Waals surface area contributed by atoms with Crippen molar-refractivity contribution in [2.75, 3.05) is 27.2 Å². The molecule has 2 rings (SSSR count). The van der Waals surface area contributed by atoms with Gasteiger partial charge in [-0.1, -0.05) is 31.4 Å². The molecule has 1 aromatic carbocycles. The van der Waals surface area contributed by atoms with E-state index in [4.69, 9.17) is 4.74 Å². The lowest BCUT2D eigenvalue weighted by Crippen LogP contribution is -2.46. The number of rotatable bonds is 7. The molecule has 0 atom stereocenters. The predicted octanol–water partition coefficient (Wildman–Crippen LogP) is 3.16. The van der Waals surface area contributed by atoms with Gasteiger partial charge in [0, 0.05) is 26.7 Å². The largest absolute Gasteiger partial charge is 0.494 e. The number of halogens is 1. The van der Waals surface area contributed by atoms with Crippen LogP contribution < -0.4 is 15.4 Å². The summed E-state index contributed by atoms with van der Waals surface area (Å²) in [6, 6.07) is 8.37. The molecule has 7 heteroatoms. The zero-order valence-electron chi connectivity index (χ0n) is 16.7. The van der Waals surface area contributed by atoms with Crippen LogP contribution in [0.5, 0.6) is 5.75 Å². The van der Waals surface area contributed by atoms with E-state index in [2.05, 4.69) is 15.6 Å². The van der Waals surface area contributed by atoms with Crippen LogP contribution in [-0.4, -0.2) is 50.1 Å². The van der Waals surface area contributed by atoms with E-state index < -0.39 is 0 Å². The maximum atomic E-state index is 12.2. The predicted molar refractivity (Wildman–Crippen MR) is 121 cm³/mol. The molecule has 0 bridgehead atoms. The highest BCUT2D eigenvalue weighted by molar-refractivity contribution is 14.0. The smallest absolute Gasteiger partial charge is 0.239 e. The number of nitrogens with one attached hydrogen (secondary N) is 2. The van der Waals surface area contributed by atoms with Gasteiger partial charge in [0.1, 0.15) is 5.75 Å². The number of hydrogen-bond acceptors (Lipinski definition) is 3. The SMILES string of the molecule is CCOc1ccc(CN(C)C(=NC)NCC(=O)NC2CCCCC2)cc1.I. The van der Waals surface area contributed by atoms with Crippen LogP contribution in [0.3, 0.4) is 0 Å². The Hall–Kier alpha value is -1.51. The van der Waals surface area contributed by atoms with Crippen molar-refractivity contribution in [3.8, 4) is 5.75 Å². The third kappa shape index (κ3) is 8.36. The molecule has 152 valence electrons. The second-order valence-electron chi connectivity index (χ2n) is 6.74. The first kappa shape index (κ1) is 23.5. The minimum Gasteiger partial charge on any atom is -0.494 e. The number of carbonyl (C=O) groups excluding carboxylic acids is 1. The maximum absolute atomic E-state index is 12.2. The summed E-state index contributed by atoms with van der Waals surface area (Å²) in [7, 11) is 3.70. The summed E-state index contributed by atoms with van der Waals surface area (Å²) < 4.78 is 5.47. The van der Waals surface area contributed by atoms with Gasteiger partial charge in [-0.05, 0) is 37.5 Å². The van der Waals surface area contributed by atoms with Crippen molar-refractivity contribution in [2.45, 2.75) is 51.6 Å². The van der Waals surface area contributed by atoms with Gasteiger partial charge >= 0.3 is 0 Å². The van der Waals surface area contributed by atoms with Crippen molar-refractivity contribution in [1.82, 2.24) is 15.5 Å². The van der Waals surface area contributed by atoms with Gasteiger partial charge in [-0.15, -0.1) is 24.0 Å². The van der Waals surface area contributed by atoms with E-state index >= 15 is 0 Å². The quantitative estimate of drug-likeness (QED) is 0.352. The Morgan fingerprint density at radius 2 is 1.89 bits per heavy atom. The number of benzene rings is 1. The van der Waals surface area contributed by atoms with E-state index in [1.165, 1.54) is 19.3 Å². The van der Waals surface area contributed by atoms with Crippen LogP contribution in [0.1, 0.15) is 44.6 Å². The average molecular weight is 488 g/mol. The first-order valence-corrected chi connectivity index (χ1v) is 9.55. The Morgan fingerprint density at radius 3 is 2.48 bits per heavy atom. The lowest BCUT2D eigenvalue weighted by molar-refractivity contribution is -0.120. The van der Waals surface area contributed by atoms with Crippen molar-refractivity contribution < 1.29 is 9.53 Å². The first-order valence-electron chi connectivity index (χ1n) is 9.55. The summed E-state index contributed by atoms with van der Waals surface area (Å²) in [5, 5.41) is 6.27. The lowest BCUT2D eigenvalue weighted by Gasteiger charge is -2.24. The van der Waals surface area contributed by atoms with Gasteiger partial charge in [0.15, 0.2) is 5.96 Å². The maximum Gasteiger partial charge on any atom is 0.239 e. The number of nitrogens with zero attached hydrogens (tertiary/aromatic N) is 2. The number of carbonyl (C=O) groups is 1. The third-order valence-electron chi connectivity index (χ3n) is 4.60. The molecule has 1 aliphatic carbocycles. The van der Waals surface area contributed by atoms with Gasteiger partial charge in [0.05, 0.1) is 13.2 Å². The zero-order valence-corrected chi connectivity index (χ0v) is 19.0. The van der Waals surface area contributed by atoms with E-state index in [0.717, 1.165) is 24.2 Å². The highest BCUT2D eigenvalue weighted by Gasteiger charge is 2.16. The number of hydrogen-bond donors (Lipinski definition) is 2. The van der Waals surface area contributed by atoms with Crippen molar-refractivity contribution in [3.63, 3.8) is 0 Å². The van der Waals surface area contributed by atoms with E-state index in [9.17, 15) is 4.79 Å². The van der Waals surface area contributed by atoms with E-state index in [-0.39, 0.29) is 36.4 Å². The molecular weight excluding hydrogens is 455 g/mol. The van der Waals surface area contributed by atoms with Gasteiger partial charge < -0.3 is 20.3 Å². The molecule has 27 heavy (non-hydrogen) atoms. The highest BCUT2D eigenvalue weighted by atomic mass is 127. The van der Waals surface area contributed by atoms with E-state index in [1.807, 2.05) is 43.1 Å². The van der Waals surface area contributed by atoms with E-state index in [0.29, 0.717) is 25.2 Å². The molecule has 2 N–H and O–H groups in total. The number of guanidine groups is 1. The molecule has 0 spiro atoms. The van der Waals surface area contributed by atoms with Crippen LogP contribution in [0.2, 0.25) is 0 Å². The summed E-state index contributed by atoms with van der Waals surface area (Å²) >= 11 is 0. The van der Waals surface area contributed by atoms with Crippen molar-refractivity contribution in [3.05, 3.63) is 29.8 Å². The van der Waals surface area contributed by atoms with Crippen molar-refractivity contribution in [1.29, 1.82) is 0 Å². The highest BCUT2D eigenvalue weighted by Crippen LogP contribution is 2.17. The van der Waals surface area contributed by atoms with Crippen LogP contribution in [0.4, 0.5) is 0 Å². The third-order valence-corrected chi connectivity index (χ3v) is 4.60. The molecule has 0 aromatic heterocycles. The second-order valence-corrected chi connectivity index (χ2v) is 6.74. The summed E-state index contributed by atoms with van der Waals surface area (Å²) in [6.07, 6.45) is 5.90. The standard InChI is InChI=1S/C20H32N4O2.HI/c1-4-26-18-12-10-16(11-13-18)15-24(3)20(21-2)22-14-19(25)23-17-8-6-5-7-9-17;/h10-13,17H,4-9,14-15H2,1-3H3,(H,21,22)(H,23,25);1H. The minimum absolute atomic E-state index is 0. The molecule has 0 radical (unpaired) electrons. The Bertz CT molecular complexity index is 586. The van der Waals surface area contributed by atoms with Crippen LogP contribution >= 0.6 is 24.0 Å². The fourth-order valence-electron chi connectivity index (χ4n) is 3.28. The Balaban J connectivity index is 0.00000364. The molecule has 0 unspecified atom stereocenters. The summed E-state index contributed by atoms with van der Waals surface area (Å²) in [5.74, 6) is 1.62. The fourth-order valence-corrected chi connectivity index (χ4v) is 3.28. The second kappa shape index (κ2) is 12.8. The average Bonchev–Trinajstić information content (AvgIpc) is 2.65. The van der Waals surface area contributed by atoms with Crippen LogP contribution in [0, 0.1) is 0 Å². The zero-order chi connectivity index (χ0) is 18.8. The summed E-state index contributed by atoms with van der Waals surface area (Å²) in [6.45, 7) is 3.59. The molecule has 1 aromatic rings. The summed E-state index contributed by atoms with van der Waals surface area (Å²) in [4.78, 5) is 18.4. The van der Waals surface area contributed by atoms with Crippen LogP contribution in [0.25, 0.3) is 0 Å². The van der Waals surface area contributed by atoms with Crippen LogP contribution in [-0.2, 0) is 11.3 Å². The molecule has 0 heterocycles. The molecular formula is C20H33IN4O2. The topological polar surface area (TPSA) is 66.0 Å². The van der Waals surface area contributed by atoms with Gasteiger partial charge in [0.2, 0.25) is 5.91 Å². The lowest BCUT2D eigenvalue weighted by atomic mass is 9.95. The number of amides is 1. The normalized spacial score (nSPS) is 14.9. The Kier molecular flexibility index (Phi) is 11.2. The van der Waals surface area contributed by atoms with Crippen LogP contribution in [0.15, 0.2) is 29.3 Å². The molecule has 6 nitrogen and oxygen atoms in total. The summed E-state index contributed by atoms with van der Waals surface area (Å²) in [5.41, 5.74) is 1.16. The fraction of sp³-hybridized carbons (Fsp3) is 0.600. The van der Waals surface area contributed by atoms with Crippen molar-refractivity contribution >= 4 is 35.8 Å². The number of aliphatic imine (C=N–C) groups is 1. The molecule has 0 aliphatic heterocycles. The Morgan fingerprint density at radius 1 is 1.22 bits per heavy atom. The van der Waals surface area contributed by atoms with Gasteiger partial charge in [-0.25, -0.2) is 0 Å². The monoisotopic (exact) mass is 488 g/mol. The first-order chi connectivity index (χ1) is 12.6. The van der Waals surface area contributed by atoms with Crippen molar-refractivity contribution in [2.24, 2.45) is 4.99 Å². The van der Waals surface area contributed by atoms with Gasteiger partial charge in [-0.2, -0.15) is 0 Å². The van der Waals surface area contributed by atoms with Gasteiger partial charge in [-0.3, -0.25) is 9.79 Å². The molecule has 1 saturated carbocycles. The molecule has 1 amide bonds. The Labute approximate surface area is 180 Å². The molecule has 1 fully saturated rings. The number of ether oxygens (including phenoxy) is 1.